The molecular formula is C18H16N2O3. The molecule has 1 unspecified atom stereocenters. The van der Waals surface area contributed by atoms with Gasteiger partial charge < -0.3 is 10.1 Å². The van der Waals surface area contributed by atoms with Crippen LogP contribution in [0.4, 0.5) is 0 Å². The molecule has 1 heterocycles. The van der Waals surface area contributed by atoms with Gasteiger partial charge in [0.05, 0.1) is 18.7 Å². The van der Waals surface area contributed by atoms with Crippen molar-refractivity contribution >= 4 is 17.5 Å². The Kier molecular flexibility index (Phi) is 4.19. The van der Waals surface area contributed by atoms with E-state index >= 15 is 0 Å². The summed E-state index contributed by atoms with van der Waals surface area (Å²) in [4.78, 5) is 28.0. The third-order valence-electron chi connectivity index (χ3n) is 3.73. The summed E-state index contributed by atoms with van der Waals surface area (Å²) in [5, 5.41) is 2.85. The summed E-state index contributed by atoms with van der Waals surface area (Å²) in [5.41, 5.74) is 1.98. The van der Waals surface area contributed by atoms with E-state index < -0.39 is 5.91 Å². The number of hydrogen-bond acceptors (Lipinski definition) is 3. The number of fused-ring (bicyclic) bond motifs is 1. The molecule has 0 bridgehead atoms. The van der Waals surface area contributed by atoms with Crippen molar-refractivity contribution in [1.29, 1.82) is 0 Å². The zero-order chi connectivity index (χ0) is 16.2. The number of hydrogen-bond donors (Lipinski definition) is 1. The van der Waals surface area contributed by atoms with Crippen LogP contribution in [0.15, 0.2) is 65.2 Å². The second kappa shape index (κ2) is 6.44. The number of dihydropyridines is 1. The number of nitrogens with one attached hydrogen (secondary N) is 1. The van der Waals surface area contributed by atoms with Crippen LogP contribution in [-0.4, -0.2) is 24.6 Å². The highest BCUT2D eigenvalue weighted by Crippen LogP contribution is 2.23. The minimum absolute atomic E-state index is 0.256. The minimum atomic E-state index is -0.397. The van der Waals surface area contributed by atoms with Crippen LogP contribution >= 0.6 is 0 Å². The highest BCUT2D eigenvalue weighted by Gasteiger charge is 2.28. The SMILES string of the molecule is COc1ccc(CNC(=O)C2=CC(=O)N=C3C=CC=CC23)cc1. The highest BCUT2D eigenvalue weighted by atomic mass is 16.5. The Hall–Kier alpha value is -2.95. The Balaban J connectivity index is 1.69. The number of amides is 2. The summed E-state index contributed by atoms with van der Waals surface area (Å²) in [7, 11) is 1.61. The minimum Gasteiger partial charge on any atom is -0.497 e. The van der Waals surface area contributed by atoms with E-state index in [4.69, 9.17) is 4.74 Å². The number of ether oxygens (including phenoxy) is 1. The molecule has 0 saturated heterocycles. The van der Waals surface area contributed by atoms with Crippen molar-refractivity contribution < 1.29 is 14.3 Å². The molecule has 1 aliphatic heterocycles. The first-order valence-electron chi connectivity index (χ1n) is 7.27. The van der Waals surface area contributed by atoms with Gasteiger partial charge in [0.25, 0.3) is 5.91 Å². The van der Waals surface area contributed by atoms with E-state index in [1.807, 2.05) is 36.4 Å². The van der Waals surface area contributed by atoms with Gasteiger partial charge in [0.2, 0.25) is 5.91 Å². The summed E-state index contributed by atoms with van der Waals surface area (Å²) >= 11 is 0. The van der Waals surface area contributed by atoms with Gasteiger partial charge in [-0.1, -0.05) is 30.4 Å². The first-order chi connectivity index (χ1) is 11.2. The van der Waals surface area contributed by atoms with Gasteiger partial charge in [-0.15, -0.1) is 0 Å². The molecule has 0 fully saturated rings. The van der Waals surface area contributed by atoms with Gasteiger partial charge >= 0.3 is 0 Å². The molecule has 1 N–H and O–H groups in total. The number of benzene rings is 1. The first kappa shape index (κ1) is 15.0. The number of carbonyl (C=O) groups is 2. The number of methoxy groups -OCH3 is 1. The molecule has 0 spiro atoms. The summed E-state index contributed by atoms with van der Waals surface area (Å²) in [6.07, 6.45) is 8.59. The topological polar surface area (TPSA) is 67.8 Å². The van der Waals surface area contributed by atoms with Crippen LogP contribution in [0.3, 0.4) is 0 Å². The van der Waals surface area contributed by atoms with E-state index in [2.05, 4.69) is 10.3 Å². The summed E-state index contributed by atoms with van der Waals surface area (Å²) in [5.74, 6) is -0.147. The number of rotatable bonds is 4. The summed E-state index contributed by atoms with van der Waals surface area (Å²) in [6.45, 7) is 0.382. The molecule has 1 aromatic rings. The lowest BCUT2D eigenvalue weighted by Crippen LogP contribution is -2.33. The van der Waals surface area contributed by atoms with Gasteiger partial charge in [0.1, 0.15) is 5.75 Å². The second-order valence-corrected chi connectivity index (χ2v) is 5.23. The normalized spacial score (nSPS) is 18.8. The van der Waals surface area contributed by atoms with Crippen molar-refractivity contribution in [3.05, 3.63) is 65.8 Å². The van der Waals surface area contributed by atoms with E-state index in [1.165, 1.54) is 6.08 Å². The van der Waals surface area contributed by atoms with Crippen molar-refractivity contribution in [2.24, 2.45) is 10.9 Å². The number of nitrogens with zero attached hydrogens (tertiary/aromatic N) is 1. The van der Waals surface area contributed by atoms with Crippen molar-refractivity contribution in [3.63, 3.8) is 0 Å². The Labute approximate surface area is 134 Å². The molecular weight excluding hydrogens is 292 g/mol. The molecule has 23 heavy (non-hydrogen) atoms. The van der Waals surface area contributed by atoms with Gasteiger partial charge in [-0.2, -0.15) is 0 Å². The Morgan fingerprint density at radius 1 is 1.26 bits per heavy atom. The van der Waals surface area contributed by atoms with E-state index in [9.17, 15) is 9.59 Å². The average molecular weight is 308 g/mol. The molecule has 1 aliphatic carbocycles. The average Bonchev–Trinajstić information content (AvgIpc) is 2.59. The predicted octanol–water partition coefficient (Wildman–Crippen LogP) is 1.96. The molecule has 3 rings (SSSR count). The van der Waals surface area contributed by atoms with Gasteiger partial charge in [-0.3, -0.25) is 9.59 Å². The third-order valence-corrected chi connectivity index (χ3v) is 3.73. The summed E-state index contributed by atoms with van der Waals surface area (Å²) in [6, 6.07) is 7.44. The fraction of sp³-hybridized carbons (Fsp3) is 0.167. The van der Waals surface area contributed by atoms with E-state index in [0.717, 1.165) is 11.3 Å². The largest absolute Gasteiger partial charge is 0.497 e. The maximum Gasteiger partial charge on any atom is 0.270 e. The standard InChI is InChI=1S/C18H16N2O3/c1-23-13-8-6-12(7-9-13)11-19-18(22)15-10-17(21)20-16-5-3-2-4-14(15)16/h2-10,14H,11H2,1H3,(H,19,22). The summed E-state index contributed by atoms with van der Waals surface area (Å²) < 4.78 is 5.10. The van der Waals surface area contributed by atoms with Crippen LogP contribution in [-0.2, 0) is 16.1 Å². The number of allylic oxidation sites excluding steroid dienone is 4. The molecule has 0 saturated carbocycles. The molecule has 5 heteroatoms. The number of aliphatic imine (C=N–C) groups is 1. The van der Waals surface area contributed by atoms with Gasteiger partial charge in [-0.25, -0.2) is 4.99 Å². The molecule has 1 aromatic carbocycles. The third kappa shape index (κ3) is 3.29. The molecule has 2 aliphatic rings. The Morgan fingerprint density at radius 3 is 2.78 bits per heavy atom. The predicted molar refractivity (Wildman–Crippen MR) is 87.1 cm³/mol. The molecule has 116 valence electrons. The van der Waals surface area contributed by atoms with Crippen molar-refractivity contribution in [2.75, 3.05) is 7.11 Å². The zero-order valence-corrected chi connectivity index (χ0v) is 12.7. The lowest BCUT2D eigenvalue weighted by Gasteiger charge is -2.21. The monoisotopic (exact) mass is 308 g/mol. The van der Waals surface area contributed by atoms with Gasteiger partial charge in [0, 0.05) is 18.2 Å². The maximum absolute atomic E-state index is 12.4. The lowest BCUT2D eigenvalue weighted by molar-refractivity contribution is -0.119. The quantitative estimate of drug-likeness (QED) is 0.924. The van der Waals surface area contributed by atoms with Crippen LogP contribution in [0, 0.1) is 5.92 Å². The van der Waals surface area contributed by atoms with Crippen LogP contribution in [0.25, 0.3) is 0 Å². The highest BCUT2D eigenvalue weighted by molar-refractivity contribution is 6.18. The second-order valence-electron chi connectivity index (χ2n) is 5.23. The Morgan fingerprint density at radius 2 is 2.04 bits per heavy atom. The van der Waals surface area contributed by atoms with Crippen LogP contribution in [0.1, 0.15) is 5.56 Å². The Bertz CT molecular complexity index is 755. The molecule has 1 atom stereocenters. The van der Waals surface area contributed by atoms with Crippen LogP contribution < -0.4 is 10.1 Å². The van der Waals surface area contributed by atoms with Gasteiger partial charge in [-0.05, 0) is 23.8 Å². The lowest BCUT2D eigenvalue weighted by atomic mass is 9.87. The molecule has 0 radical (unpaired) electrons. The maximum atomic E-state index is 12.4. The zero-order valence-electron chi connectivity index (χ0n) is 12.7. The fourth-order valence-electron chi connectivity index (χ4n) is 2.52. The van der Waals surface area contributed by atoms with E-state index in [-0.39, 0.29) is 11.8 Å². The van der Waals surface area contributed by atoms with Crippen molar-refractivity contribution in [1.82, 2.24) is 5.32 Å². The van der Waals surface area contributed by atoms with E-state index in [1.54, 1.807) is 19.3 Å². The van der Waals surface area contributed by atoms with Crippen molar-refractivity contribution in [3.8, 4) is 5.75 Å². The fourth-order valence-corrected chi connectivity index (χ4v) is 2.52. The van der Waals surface area contributed by atoms with Crippen LogP contribution in [0.5, 0.6) is 5.75 Å². The smallest absolute Gasteiger partial charge is 0.270 e. The first-order valence-corrected chi connectivity index (χ1v) is 7.27. The molecule has 2 amide bonds. The molecule has 0 aromatic heterocycles. The van der Waals surface area contributed by atoms with Gasteiger partial charge in [0.15, 0.2) is 0 Å². The number of carbonyl (C=O) groups excluding carboxylic acids is 2. The van der Waals surface area contributed by atoms with Crippen LogP contribution in [0.2, 0.25) is 0 Å². The molecule has 5 nitrogen and oxygen atoms in total. The van der Waals surface area contributed by atoms with Crippen molar-refractivity contribution in [2.45, 2.75) is 6.54 Å². The van der Waals surface area contributed by atoms with E-state index in [0.29, 0.717) is 17.8 Å².